The Bertz CT molecular complexity index is 539. The average molecular weight is 285 g/mol. The van der Waals surface area contributed by atoms with Crippen LogP contribution in [0.2, 0.25) is 0 Å². The van der Waals surface area contributed by atoms with Crippen LogP contribution in [0, 0.1) is 5.92 Å². The van der Waals surface area contributed by atoms with Crippen LogP contribution in [-0.2, 0) is 4.79 Å². The van der Waals surface area contributed by atoms with Crippen LogP contribution in [-0.4, -0.2) is 25.7 Å². The highest BCUT2D eigenvalue weighted by Crippen LogP contribution is 2.15. The SMILES string of the molecule is CCC(=O)/C=C/C=C/[C@@H](C)C(=O)c1ccc(N(C)C)cc1. The lowest BCUT2D eigenvalue weighted by Gasteiger charge is -2.13. The van der Waals surface area contributed by atoms with Gasteiger partial charge in [0.15, 0.2) is 11.6 Å². The predicted octanol–water partition coefficient (Wildman–Crippen LogP) is 3.66. The zero-order valence-corrected chi connectivity index (χ0v) is 13.2. The molecule has 112 valence electrons. The number of carbonyl (C=O) groups is 2. The molecule has 0 N–H and O–H groups in total. The first-order valence-electron chi connectivity index (χ1n) is 7.15. The monoisotopic (exact) mass is 285 g/mol. The summed E-state index contributed by atoms with van der Waals surface area (Å²) in [6.07, 6.45) is 7.27. The van der Waals surface area contributed by atoms with Crippen molar-refractivity contribution in [3.8, 4) is 0 Å². The fourth-order valence-corrected chi connectivity index (χ4v) is 1.79. The number of carbonyl (C=O) groups excluding carboxylic acids is 2. The Labute approximate surface area is 127 Å². The molecule has 0 saturated heterocycles. The van der Waals surface area contributed by atoms with Crippen molar-refractivity contribution in [1.29, 1.82) is 0 Å². The third kappa shape index (κ3) is 5.38. The summed E-state index contributed by atoms with van der Waals surface area (Å²) in [5.74, 6) is -0.0544. The summed E-state index contributed by atoms with van der Waals surface area (Å²) in [4.78, 5) is 25.4. The molecular formula is C18H23NO2. The van der Waals surface area contributed by atoms with Gasteiger partial charge in [0.25, 0.3) is 0 Å². The van der Waals surface area contributed by atoms with Crippen LogP contribution in [0.1, 0.15) is 30.6 Å². The molecule has 0 radical (unpaired) electrons. The number of allylic oxidation sites excluding steroid dienone is 4. The lowest BCUT2D eigenvalue weighted by Crippen LogP contribution is -2.11. The molecule has 0 aliphatic heterocycles. The smallest absolute Gasteiger partial charge is 0.169 e. The van der Waals surface area contributed by atoms with Crippen molar-refractivity contribution in [2.75, 3.05) is 19.0 Å². The summed E-state index contributed by atoms with van der Waals surface area (Å²) in [5.41, 5.74) is 1.77. The van der Waals surface area contributed by atoms with Gasteiger partial charge in [0.05, 0.1) is 0 Å². The molecule has 0 amide bonds. The largest absolute Gasteiger partial charge is 0.378 e. The molecule has 1 aromatic rings. The minimum absolute atomic E-state index is 0.0757. The molecule has 0 aromatic heterocycles. The maximum Gasteiger partial charge on any atom is 0.169 e. The molecule has 3 heteroatoms. The zero-order chi connectivity index (χ0) is 15.8. The van der Waals surface area contributed by atoms with Crippen LogP contribution in [0.5, 0.6) is 0 Å². The third-order valence-electron chi connectivity index (χ3n) is 3.22. The highest BCUT2D eigenvalue weighted by Gasteiger charge is 2.12. The van der Waals surface area contributed by atoms with Gasteiger partial charge in [-0.1, -0.05) is 32.1 Å². The van der Waals surface area contributed by atoms with Crippen molar-refractivity contribution < 1.29 is 9.59 Å². The molecule has 0 unspecified atom stereocenters. The number of rotatable bonds is 7. The molecule has 0 saturated carbocycles. The van der Waals surface area contributed by atoms with Gasteiger partial charge >= 0.3 is 0 Å². The van der Waals surface area contributed by atoms with Gasteiger partial charge in [-0.2, -0.15) is 0 Å². The summed E-state index contributed by atoms with van der Waals surface area (Å²) in [6, 6.07) is 7.56. The van der Waals surface area contributed by atoms with Gasteiger partial charge in [0, 0.05) is 37.7 Å². The van der Waals surface area contributed by atoms with Crippen molar-refractivity contribution in [2.24, 2.45) is 5.92 Å². The van der Waals surface area contributed by atoms with Crippen LogP contribution >= 0.6 is 0 Å². The fourth-order valence-electron chi connectivity index (χ4n) is 1.79. The van der Waals surface area contributed by atoms with E-state index in [-0.39, 0.29) is 17.5 Å². The van der Waals surface area contributed by atoms with Gasteiger partial charge in [-0.05, 0) is 30.3 Å². The summed E-state index contributed by atoms with van der Waals surface area (Å²) in [7, 11) is 3.93. The van der Waals surface area contributed by atoms with Crippen molar-refractivity contribution in [2.45, 2.75) is 20.3 Å². The molecule has 0 aliphatic rings. The molecule has 0 spiro atoms. The molecule has 1 rings (SSSR count). The number of benzene rings is 1. The van der Waals surface area contributed by atoms with Gasteiger partial charge in [-0.15, -0.1) is 0 Å². The van der Waals surface area contributed by atoms with Gasteiger partial charge in [-0.3, -0.25) is 9.59 Å². The molecular weight excluding hydrogens is 262 g/mol. The molecule has 1 atom stereocenters. The van der Waals surface area contributed by atoms with E-state index in [1.807, 2.05) is 63.2 Å². The third-order valence-corrected chi connectivity index (χ3v) is 3.22. The molecule has 0 aliphatic carbocycles. The van der Waals surface area contributed by atoms with E-state index in [4.69, 9.17) is 0 Å². The first kappa shape index (κ1) is 16.9. The standard InChI is InChI=1S/C18H23NO2/c1-5-17(20)9-7-6-8-14(2)18(21)15-10-12-16(13-11-15)19(3)4/h6-14H,5H2,1-4H3/b8-6+,9-7+/t14-/m1/s1. The fraction of sp³-hybridized carbons (Fsp3) is 0.333. The molecule has 3 nitrogen and oxygen atoms in total. The van der Waals surface area contributed by atoms with E-state index in [0.29, 0.717) is 12.0 Å². The Hall–Kier alpha value is -2.16. The Morgan fingerprint density at radius 3 is 2.29 bits per heavy atom. The van der Waals surface area contributed by atoms with Crippen LogP contribution in [0.3, 0.4) is 0 Å². The van der Waals surface area contributed by atoms with Crippen LogP contribution < -0.4 is 4.90 Å². The molecule has 1 aromatic carbocycles. The summed E-state index contributed by atoms with van der Waals surface area (Å²) in [6.45, 7) is 3.67. The molecule has 0 heterocycles. The number of hydrogen-bond acceptors (Lipinski definition) is 3. The van der Waals surface area contributed by atoms with E-state index in [1.54, 1.807) is 12.2 Å². The summed E-state index contributed by atoms with van der Waals surface area (Å²) < 4.78 is 0. The van der Waals surface area contributed by atoms with Gasteiger partial charge in [0.1, 0.15) is 0 Å². The lowest BCUT2D eigenvalue weighted by atomic mass is 9.98. The van der Waals surface area contributed by atoms with Crippen LogP contribution in [0.15, 0.2) is 48.6 Å². The summed E-state index contributed by atoms with van der Waals surface area (Å²) >= 11 is 0. The number of ketones is 2. The zero-order valence-electron chi connectivity index (χ0n) is 13.2. The van der Waals surface area contributed by atoms with Crippen LogP contribution in [0.25, 0.3) is 0 Å². The van der Waals surface area contributed by atoms with E-state index in [0.717, 1.165) is 5.69 Å². The minimum Gasteiger partial charge on any atom is -0.378 e. The number of Topliss-reactive ketones (excluding diaryl/α,β-unsaturated/α-hetero) is 1. The predicted molar refractivity (Wildman–Crippen MR) is 87.8 cm³/mol. The quantitative estimate of drug-likeness (QED) is 0.436. The maximum absolute atomic E-state index is 12.3. The summed E-state index contributed by atoms with van der Waals surface area (Å²) in [5, 5.41) is 0. The Balaban J connectivity index is 2.67. The topological polar surface area (TPSA) is 37.4 Å². The molecule has 0 bridgehead atoms. The van der Waals surface area contributed by atoms with E-state index >= 15 is 0 Å². The minimum atomic E-state index is -0.211. The first-order chi connectivity index (χ1) is 9.95. The van der Waals surface area contributed by atoms with Crippen LogP contribution in [0.4, 0.5) is 5.69 Å². The van der Waals surface area contributed by atoms with Crippen molar-refractivity contribution in [3.05, 3.63) is 54.1 Å². The van der Waals surface area contributed by atoms with Gasteiger partial charge in [-0.25, -0.2) is 0 Å². The second kappa shape index (κ2) is 8.20. The van der Waals surface area contributed by atoms with Crippen molar-refractivity contribution in [1.82, 2.24) is 0 Å². The normalized spacial score (nSPS) is 12.8. The van der Waals surface area contributed by atoms with Crippen molar-refractivity contribution >= 4 is 17.3 Å². The highest BCUT2D eigenvalue weighted by atomic mass is 16.1. The Morgan fingerprint density at radius 2 is 1.76 bits per heavy atom. The Kier molecular flexibility index (Phi) is 6.60. The maximum atomic E-state index is 12.3. The Morgan fingerprint density at radius 1 is 1.14 bits per heavy atom. The van der Waals surface area contributed by atoms with E-state index in [2.05, 4.69) is 0 Å². The van der Waals surface area contributed by atoms with Gasteiger partial charge in [0.2, 0.25) is 0 Å². The van der Waals surface area contributed by atoms with Gasteiger partial charge < -0.3 is 4.90 Å². The average Bonchev–Trinajstić information content (AvgIpc) is 2.50. The lowest BCUT2D eigenvalue weighted by molar-refractivity contribution is -0.114. The molecule has 0 fully saturated rings. The second-order valence-corrected chi connectivity index (χ2v) is 5.16. The first-order valence-corrected chi connectivity index (χ1v) is 7.15. The number of nitrogens with zero attached hydrogens (tertiary/aromatic N) is 1. The molecule has 21 heavy (non-hydrogen) atoms. The van der Waals surface area contributed by atoms with E-state index in [1.165, 1.54) is 6.08 Å². The number of hydrogen-bond donors (Lipinski definition) is 0. The van der Waals surface area contributed by atoms with E-state index < -0.39 is 0 Å². The number of anilines is 1. The highest BCUT2D eigenvalue weighted by molar-refractivity contribution is 5.99. The second-order valence-electron chi connectivity index (χ2n) is 5.16. The van der Waals surface area contributed by atoms with Crippen molar-refractivity contribution in [3.63, 3.8) is 0 Å². The van der Waals surface area contributed by atoms with E-state index in [9.17, 15) is 9.59 Å².